The molecule has 2 heterocycles. The van der Waals surface area contributed by atoms with E-state index in [2.05, 4.69) is 5.10 Å². The highest BCUT2D eigenvalue weighted by Crippen LogP contribution is 2.49. The summed E-state index contributed by atoms with van der Waals surface area (Å²) in [6.45, 7) is -0.311. The molecule has 1 aliphatic heterocycles. The number of hydrazone groups is 1. The van der Waals surface area contributed by atoms with Crippen LogP contribution in [0.25, 0.3) is 0 Å². The minimum absolute atomic E-state index is 0.290. The average molecular weight is 441 g/mol. The average Bonchev–Trinajstić information content (AvgIpc) is 3.56. The zero-order valence-corrected chi connectivity index (χ0v) is 18.0. The van der Waals surface area contributed by atoms with Crippen LogP contribution >= 0.6 is 11.6 Å². The second kappa shape index (κ2) is 8.50. The molecule has 3 aliphatic rings. The van der Waals surface area contributed by atoms with Gasteiger partial charge in [-0.05, 0) is 66.8 Å². The molecule has 6 nitrogen and oxygen atoms in total. The number of carbonyl (C=O) groups excluding carboxylic acids is 2. The number of halogens is 1. The smallest absolute Gasteiger partial charge is 0.306 e. The summed E-state index contributed by atoms with van der Waals surface area (Å²) < 4.78 is 10.9. The molecule has 2 fully saturated rings. The molecule has 2 bridgehead atoms. The van der Waals surface area contributed by atoms with Crippen molar-refractivity contribution in [1.82, 2.24) is 5.01 Å². The first-order valence-corrected chi connectivity index (χ1v) is 11.3. The lowest BCUT2D eigenvalue weighted by atomic mass is 9.86. The number of nitrogens with zero attached hydrogens (tertiary/aromatic N) is 2. The molecule has 2 aromatic rings. The molecule has 7 heteroatoms. The lowest BCUT2D eigenvalue weighted by molar-refractivity contribution is -0.154. The Morgan fingerprint density at radius 3 is 2.68 bits per heavy atom. The fraction of sp³-hybridized carbons (Fsp3) is 0.458. The summed E-state index contributed by atoms with van der Waals surface area (Å²) in [5, 5.41) is 6.57. The Labute approximate surface area is 186 Å². The maximum atomic E-state index is 12.9. The van der Waals surface area contributed by atoms with Gasteiger partial charge in [0.2, 0.25) is 0 Å². The quantitative estimate of drug-likeness (QED) is 0.594. The van der Waals surface area contributed by atoms with Gasteiger partial charge in [-0.1, -0.05) is 30.2 Å². The summed E-state index contributed by atoms with van der Waals surface area (Å²) in [5.41, 5.74) is 1.66. The summed E-state index contributed by atoms with van der Waals surface area (Å²) in [5.74, 6) is 1.85. The third-order valence-electron chi connectivity index (χ3n) is 6.88. The molecule has 2 aliphatic carbocycles. The van der Waals surface area contributed by atoms with Crippen LogP contribution in [0, 0.1) is 17.8 Å². The third kappa shape index (κ3) is 4.26. The fourth-order valence-corrected chi connectivity index (χ4v) is 5.49. The molecule has 0 radical (unpaired) electrons. The van der Waals surface area contributed by atoms with Crippen molar-refractivity contribution in [3.8, 4) is 0 Å². The van der Waals surface area contributed by atoms with E-state index in [0.717, 1.165) is 23.6 Å². The second-order valence-electron chi connectivity index (χ2n) is 8.83. The van der Waals surface area contributed by atoms with Gasteiger partial charge in [-0.25, -0.2) is 5.01 Å². The Morgan fingerprint density at radius 1 is 1.16 bits per heavy atom. The van der Waals surface area contributed by atoms with E-state index in [1.807, 2.05) is 18.2 Å². The number of hydrogen-bond donors (Lipinski definition) is 0. The van der Waals surface area contributed by atoms with Gasteiger partial charge in [0.1, 0.15) is 11.8 Å². The molecule has 162 valence electrons. The van der Waals surface area contributed by atoms with Crippen LogP contribution in [0.4, 0.5) is 0 Å². The van der Waals surface area contributed by atoms with Crippen molar-refractivity contribution < 1.29 is 18.7 Å². The van der Waals surface area contributed by atoms with Crippen LogP contribution < -0.4 is 0 Å². The molecule has 5 rings (SSSR count). The van der Waals surface area contributed by atoms with Gasteiger partial charge >= 0.3 is 5.97 Å². The minimum Gasteiger partial charge on any atom is -0.467 e. The normalized spacial score (nSPS) is 26.9. The number of rotatable bonds is 6. The van der Waals surface area contributed by atoms with Gasteiger partial charge in [0, 0.05) is 17.9 Å². The first-order valence-electron chi connectivity index (χ1n) is 10.9. The number of benzene rings is 1. The number of hydrogen-bond acceptors (Lipinski definition) is 5. The van der Waals surface area contributed by atoms with Gasteiger partial charge in [0.25, 0.3) is 5.91 Å². The van der Waals surface area contributed by atoms with E-state index in [-0.39, 0.29) is 24.5 Å². The monoisotopic (exact) mass is 440 g/mol. The molecular weight excluding hydrogens is 416 g/mol. The van der Waals surface area contributed by atoms with Crippen molar-refractivity contribution in [2.45, 2.75) is 44.6 Å². The van der Waals surface area contributed by atoms with E-state index in [0.29, 0.717) is 35.5 Å². The largest absolute Gasteiger partial charge is 0.467 e. The van der Waals surface area contributed by atoms with E-state index in [4.69, 9.17) is 20.8 Å². The van der Waals surface area contributed by atoms with Gasteiger partial charge in [-0.2, -0.15) is 5.10 Å². The predicted octanol–water partition coefficient (Wildman–Crippen LogP) is 4.98. The summed E-state index contributed by atoms with van der Waals surface area (Å²) in [6, 6.07) is 10.6. The van der Waals surface area contributed by atoms with Gasteiger partial charge in [0.05, 0.1) is 12.0 Å². The molecular formula is C24H25ClN2O4. The molecule has 1 amide bonds. The van der Waals surface area contributed by atoms with Crippen LogP contribution in [0.3, 0.4) is 0 Å². The minimum atomic E-state index is -0.363. The highest BCUT2D eigenvalue weighted by Gasteiger charge is 2.41. The van der Waals surface area contributed by atoms with Crippen LogP contribution in [0.15, 0.2) is 52.2 Å². The molecule has 2 saturated carbocycles. The molecule has 31 heavy (non-hydrogen) atoms. The Morgan fingerprint density at radius 2 is 2.00 bits per heavy atom. The molecule has 4 atom stereocenters. The highest BCUT2D eigenvalue weighted by atomic mass is 35.5. The molecule has 0 spiro atoms. The SMILES string of the molecule is O=C(C[C@H]1C[C@H]2CC[C@@H]1C2)OCC(=O)N1N=C(c2ccc(Cl)cc2)C[C@@H]1c1ccco1. The maximum absolute atomic E-state index is 12.9. The molecule has 0 saturated heterocycles. The zero-order chi connectivity index (χ0) is 21.4. The van der Waals surface area contributed by atoms with E-state index in [9.17, 15) is 9.59 Å². The van der Waals surface area contributed by atoms with Gasteiger partial charge in [-0.3, -0.25) is 9.59 Å². The number of furan rings is 1. The summed E-state index contributed by atoms with van der Waals surface area (Å²) >= 11 is 5.99. The first kappa shape index (κ1) is 20.3. The molecule has 1 aromatic carbocycles. The highest BCUT2D eigenvalue weighted by molar-refractivity contribution is 6.30. The van der Waals surface area contributed by atoms with Crippen molar-refractivity contribution in [2.24, 2.45) is 22.9 Å². The van der Waals surface area contributed by atoms with E-state index in [1.54, 1.807) is 24.5 Å². The topological polar surface area (TPSA) is 72.1 Å². The number of fused-ring (bicyclic) bond motifs is 2. The van der Waals surface area contributed by atoms with Crippen molar-refractivity contribution in [3.63, 3.8) is 0 Å². The van der Waals surface area contributed by atoms with Crippen LogP contribution in [0.5, 0.6) is 0 Å². The molecule has 1 aromatic heterocycles. The van der Waals surface area contributed by atoms with Crippen molar-refractivity contribution >= 4 is 29.2 Å². The summed E-state index contributed by atoms with van der Waals surface area (Å²) in [4.78, 5) is 25.3. The number of esters is 1. The first-order chi connectivity index (χ1) is 15.1. The Kier molecular flexibility index (Phi) is 5.57. The predicted molar refractivity (Wildman–Crippen MR) is 115 cm³/mol. The van der Waals surface area contributed by atoms with Crippen molar-refractivity contribution in [1.29, 1.82) is 0 Å². The number of carbonyl (C=O) groups is 2. The lowest BCUT2D eigenvalue weighted by Gasteiger charge is -2.21. The third-order valence-corrected chi connectivity index (χ3v) is 7.14. The Balaban J connectivity index is 1.24. The lowest BCUT2D eigenvalue weighted by Crippen LogP contribution is -2.31. The fourth-order valence-electron chi connectivity index (χ4n) is 5.37. The Hall–Kier alpha value is -2.60. The van der Waals surface area contributed by atoms with Crippen LogP contribution in [0.1, 0.15) is 55.9 Å². The molecule has 0 N–H and O–H groups in total. The maximum Gasteiger partial charge on any atom is 0.306 e. The zero-order valence-electron chi connectivity index (χ0n) is 17.2. The van der Waals surface area contributed by atoms with Crippen molar-refractivity contribution in [3.05, 3.63) is 59.0 Å². The number of amides is 1. The van der Waals surface area contributed by atoms with E-state index >= 15 is 0 Å². The van der Waals surface area contributed by atoms with Gasteiger partial charge in [0.15, 0.2) is 6.61 Å². The Bertz CT molecular complexity index is 986. The molecule has 0 unspecified atom stereocenters. The standard InChI is InChI=1S/C24H25ClN2O4/c25-19-7-5-16(6-8-19)20-13-21(22-2-1-9-30-22)27(26-20)23(28)14-31-24(29)12-18-11-15-3-4-17(18)10-15/h1-2,5-9,15,17-18,21H,3-4,10-14H2/t15-,17+,18+,21+/m0/s1. The second-order valence-corrected chi connectivity index (χ2v) is 9.26. The van der Waals surface area contributed by atoms with Crippen LogP contribution in [-0.4, -0.2) is 29.2 Å². The number of ether oxygens (including phenoxy) is 1. The van der Waals surface area contributed by atoms with Gasteiger partial charge < -0.3 is 9.15 Å². The van der Waals surface area contributed by atoms with Crippen LogP contribution in [-0.2, 0) is 14.3 Å². The van der Waals surface area contributed by atoms with E-state index in [1.165, 1.54) is 24.3 Å². The summed E-state index contributed by atoms with van der Waals surface area (Å²) in [6.07, 6.45) is 7.39. The summed E-state index contributed by atoms with van der Waals surface area (Å²) in [7, 11) is 0. The van der Waals surface area contributed by atoms with E-state index < -0.39 is 0 Å². The van der Waals surface area contributed by atoms with Crippen molar-refractivity contribution in [2.75, 3.05) is 6.61 Å². The van der Waals surface area contributed by atoms with Gasteiger partial charge in [-0.15, -0.1) is 0 Å². The van der Waals surface area contributed by atoms with Crippen LogP contribution in [0.2, 0.25) is 5.02 Å².